The summed E-state index contributed by atoms with van der Waals surface area (Å²) in [4.78, 5) is 20.5. The van der Waals surface area contributed by atoms with Crippen LogP contribution in [0.5, 0.6) is 0 Å². The van der Waals surface area contributed by atoms with Crippen LogP contribution < -0.4 is 19.6 Å². The second-order valence-electron chi connectivity index (χ2n) is 12.1. The molecule has 4 aromatic heterocycles. The number of anilines is 4. The van der Waals surface area contributed by atoms with Crippen LogP contribution in [-0.4, -0.2) is 72.3 Å². The van der Waals surface area contributed by atoms with Gasteiger partial charge in [-0.1, -0.05) is 0 Å². The molecule has 5 heterocycles. The van der Waals surface area contributed by atoms with E-state index in [0.29, 0.717) is 0 Å². The molecule has 20 heteroatoms. The van der Waals surface area contributed by atoms with Gasteiger partial charge in [-0.15, -0.1) is 0 Å². The number of hydrogen-bond acceptors (Lipinski definition) is 8. The van der Waals surface area contributed by atoms with Crippen LogP contribution in [0.1, 0.15) is 35.1 Å². The van der Waals surface area contributed by atoms with E-state index in [1.807, 2.05) is 0 Å². The van der Waals surface area contributed by atoms with E-state index in [9.17, 15) is 52.7 Å². The minimum atomic E-state index is -4.89. The molecule has 1 aliphatic rings. The summed E-state index contributed by atoms with van der Waals surface area (Å²) >= 11 is 0. The van der Waals surface area contributed by atoms with Crippen molar-refractivity contribution in [2.45, 2.75) is 37.5 Å². The summed E-state index contributed by atoms with van der Waals surface area (Å²) in [5.74, 6) is -2.18. The first-order valence-corrected chi connectivity index (χ1v) is 16.4. The molecule has 54 heavy (non-hydrogen) atoms. The summed E-state index contributed by atoms with van der Waals surface area (Å²) in [5, 5.41) is 0. The van der Waals surface area contributed by atoms with Crippen molar-refractivity contribution in [2.24, 2.45) is 0 Å². The first kappa shape index (κ1) is 40.2. The van der Waals surface area contributed by atoms with Crippen LogP contribution >= 0.6 is 0 Å². The average Bonchev–Trinajstić information content (AvgIpc) is 3.11. The lowest BCUT2D eigenvalue weighted by atomic mass is 10.1. The van der Waals surface area contributed by atoms with E-state index >= 15 is 0 Å². The van der Waals surface area contributed by atoms with Gasteiger partial charge in [-0.25, -0.2) is 19.9 Å². The Morgan fingerprint density at radius 2 is 0.537 bits per heavy atom. The van der Waals surface area contributed by atoms with Gasteiger partial charge in [0.2, 0.25) is 0 Å². The maximum absolute atomic E-state index is 14.2. The van der Waals surface area contributed by atoms with E-state index in [4.69, 9.17) is 0 Å². The molecule has 0 amide bonds. The third kappa shape index (κ3) is 9.73. The third-order valence-electron chi connectivity index (χ3n) is 8.56. The molecular weight excluding hydrogens is 748 g/mol. The standard InChI is InChI=1S/C34H32F12N8/c35-31(36,37)23-7-1-11-47-27(23)51-15-5-16-53(29-25(33(41,42)43)9-3-13-49-29)21-22-54(30-26(34(44,45)46)10-4-14-50-30)18-6-17-52(20-19-51)28-24(32(38,39)40)8-2-12-48-28/h1-4,7-14H,5-6,15-22H2. The monoisotopic (exact) mass is 780 g/mol. The van der Waals surface area contributed by atoms with Crippen molar-refractivity contribution in [3.05, 3.63) is 95.6 Å². The Morgan fingerprint density at radius 3 is 0.722 bits per heavy atom. The highest BCUT2D eigenvalue weighted by molar-refractivity contribution is 5.53. The Bertz CT molecular complexity index is 1580. The summed E-state index contributed by atoms with van der Waals surface area (Å²) in [7, 11) is 0. The van der Waals surface area contributed by atoms with E-state index in [0.717, 1.165) is 73.3 Å². The molecule has 5 rings (SSSR count). The molecule has 0 aliphatic carbocycles. The molecule has 0 radical (unpaired) electrons. The van der Waals surface area contributed by atoms with Crippen molar-refractivity contribution >= 4 is 23.3 Å². The highest BCUT2D eigenvalue weighted by atomic mass is 19.4. The SMILES string of the molecule is FC(F)(F)c1cccnc1N1CCCN(c2ncccc2C(F)(F)F)CCN(c2ncccc2C(F)(F)F)CCCN(c2ncccc2C(F)(F)F)CC1. The Balaban J connectivity index is 1.60. The van der Waals surface area contributed by atoms with Crippen LogP contribution in [-0.2, 0) is 24.7 Å². The van der Waals surface area contributed by atoms with Crippen molar-refractivity contribution in [3.63, 3.8) is 0 Å². The van der Waals surface area contributed by atoms with Gasteiger partial charge in [0.1, 0.15) is 23.3 Å². The van der Waals surface area contributed by atoms with Crippen molar-refractivity contribution in [3.8, 4) is 0 Å². The highest BCUT2D eigenvalue weighted by Gasteiger charge is 2.40. The molecule has 1 aliphatic heterocycles. The van der Waals surface area contributed by atoms with Crippen molar-refractivity contribution in [2.75, 3.05) is 72.0 Å². The van der Waals surface area contributed by atoms with Gasteiger partial charge in [0.05, 0.1) is 22.3 Å². The number of halogens is 12. The van der Waals surface area contributed by atoms with Gasteiger partial charge in [0.25, 0.3) is 0 Å². The molecule has 0 N–H and O–H groups in total. The van der Waals surface area contributed by atoms with E-state index in [1.54, 1.807) is 0 Å². The lowest BCUT2D eigenvalue weighted by Crippen LogP contribution is -2.43. The van der Waals surface area contributed by atoms with Gasteiger partial charge in [0, 0.05) is 77.1 Å². The van der Waals surface area contributed by atoms with Crippen molar-refractivity contribution < 1.29 is 52.7 Å². The minimum Gasteiger partial charge on any atom is -0.354 e. The molecule has 0 bridgehead atoms. The van der Waals surface area contributed by atoms with Crippen molar-refractivity contribution in [1.82, 2.24) is 19.9 Å². The van der Waals surface area contributed by atoms with Gasteiger partial charge >= 0.3 is 24.7 Å². The van der Waals surface area contributed by atoms with Crippen LogP contribution in [0, 0.1) is 0 Å². The lowest BCUT2D eigenvalue weighted by Gasteiger charge is -2.35. The summed E-state index contributed by atoms with van der Waals surface area (Å²) in [6.07, 6.45) is -15.4. The minimum absolute atomic E-state index is 0.128. The quantitative estimate of drug-likeness (QED) is 0.191. The Morgan fingerprint density at radius 1 is 0.333 bits per heavy atom. The molecule has 1 fully saturated rings. The van der Waals surface area contributed by atoms with Gasteiger partial charge in [-0.05, 0) is 61.4 Å². The smallest absolute Gasteiger partial charge is 0.354 e. The number of alkyl halides is 12. The number of hydrogen-bond donors (Lipinski definition) is 0. The van der Waals surface area contributed by atoms with Gasteiger partial charge in [-0.2, -0.15) is 52.7 Å². The highest BCUT2D eigenvalue weighted by Crippen LogP contribution is 2.39. The number of nitrogens with zero attached hydrogens (tertiary/aromatic N) is 8. The maximum atomic E-state index is 14.2. The average molecular weight is 781 g/mol. The topological polar surface area (TPSA) is 64.5 Å². The zero-order valence-electron chi connectivity index (χ0n) is 28.1. The predicted molar refractivity (Wildman–Crippen MR) is 175 cm³/mol. The zero-order chi connectivity index (χ0) is 39.3. The third-order valence-corrected chi connectivity index (χ3v) is 8.56. The van der Waals surface area contributed by atoms with Crippen LogP contribution in [0.15, 0.2) is 73.3 Å². The molecule has 0 atom stereocenters. The summed E-state index contributed by atoms with van der Waals surface area (Å²) in [6.45, 7) is -2.49. The van der Waals surface area contributed by atoms with Crippen LogP contribution in [0.2, 0.25) is 0 Å². The molecule has 0 aromatic carbocycles. The number of rotatable bonds is 4. The molecule has 0 saturated carbocycles. The van der Waals surface area contributed by atoms with E-state index in [1.165, 1.54) is 19.6 Å². The molecule has 0 spiro atoms. The fourth-order valence-corrected chi connectivity index (χ4v) is 6.16. The van der Waals surface area contributed by atoms with Crippen LogP contribution in [0.25, 0.3) is 0 Å². The number of pyridine rings is 4. The van der Waals surface area contributed by atoms with Gasteiger partial charge < -0.3 is 19.6 Å². The largest absolute Gasteiger partial charge is 0.419 e. The van der Waals surface area contributed by atoms with Crippen LogP contribution in [0.3, 0.4) is 0 Å². The predicted octanol–water partition coefficient (Wildman–Crippen LogP) is 8.46. The summed E-state index contributed by atoms with van der Waals surface area (Å²) in [5.41, 5.74) is -4.56. The fourth-order valence-electron chi connectivity index (χ4n) is 6.16. The molecular formula is C34H32F12N8. The number of aromatic nitrogens is 4. The van der Waals surface area contributed by atoms with E-state index in [2.05, 4.69) is 19.9 Å². The Labute approximate surface area is 301 Å². The Kier molecular flexibility index (Phi) is 12.0. The van der Waals surface area contributed by atoms with E-state index < -0.39 is 70.2 Å². The fraction of sp³-hybridized carbons (Fsp3) is 0.412. The van der Waals surface area contributed by atoms with Gasteiger partial charge in [-0.3, -0.25) is 0 Å². The first-order chi connectivity index (χ1) is 25.4. The normalized spacial score (nSPS) is 16.4. The summed E-state index contributed by atoms with van der Waals surface area (Å²) in [6, 6.07) is 7.37. The van der Waals surface area contributed by atoms with E-state index in [-0.39, 0.29) is 65.2 Å². The van der Waals surface area contributed by atoms with Gasteiger partial charge in [0.15, 0.2) is 0 Å². The van der Waals surface area contributed by atoms with Crippen LogP contribution in [0.4, 0.5) is 76.0 Å². The zero-order valence-corrected chi connectivity index (χ0v) is 28.1. The lowest BCUT2D eigenvalue weighted by molar-refractivity contribution is -0.138. The van der Waals surface area contributed by atoms with Crippen molar-refractivity contribution in [1.29, 1.82) is 0 Å². The molecule has 4 aromatic rings. The molecule has 0 unspecified atom stereocenters. The second-order valence-corrected chi connectivity index (χ2v) is 12.1. The first-order valence-electron chi connectivity index (χ1n) is 16.4. The molecule has 292 valence electrons. The molecule has 1 saturated heterocycles. The Hall–Kier alpha value is -5.04. The maximum Gasteiger partial charge on any atom is 0.419 e. The second kappa shape index (κ2) is 16.1. The summed E-state index contributed by atoms with van der Waals surface area (Å²) < 4.78 is 170. The molecule has 8 nitrogen and oxygen atoms in total.